The Morgan fingerprint density at radius 2 is 1.57 bits per heavy atom. The van der Waals surface area contributed by atoms with Gasteiger partial charge in [0.15, 0.2) is 11.4 Å². The predicted molar refractivity (Wildman–Crippen MR) is 130 cm³/mol. The summed E-state index contributed by atoms with van der Waals surface area (Å²) >= 11 is 0. The highest BCUT2D eigenvalue weighted by atomic mass is 32.2. The first-order chi connectivity index (χ1) is 17.4. The van der Waals surface area contributed by atoms with Gasteiger partial charge in [0.2, 0.25) is 0 Å². The van der Waals surface area contributed by atoms with Crippen LogP contribution in [0.1, 0.15) is 17.4 Å². The van der Waals surface area contributed by atoms with E-state index >= 15 is 0 Å². The molecule has 0 amide bonds. The van der Waals surface area contributed by atoms with E-state index in [2.05, 4.69) is 15.3 Å². The van der Waals surface area contributed by atoms with Gasteiger partial charge in [-0.05, 0) is 43.3 Å². The maximum atomic E-state index is 13.1. The van der Waals surface area contributed by atoms with Crippen molar-refractivity contribution in [3.8, 4) is 5.69 Å². The number of carbonyl (C=O) groups is 1. The fourth-order valence-corrected chi connectivity index (χ4v) is 4.66. The van der Waals surface area contributed by atoms with Crippen molar-refractivity contribution < 1.29 is 35.5 Å². The SMILES string of the molecule is CCOC(=O)c1[nH]n(-c2ccc(S(=O)(=O)O)cc2)c(=O)c1N=Nc1ccc(S(=O)(=O)O)c2ccccc12. The highest BCUT2D eigenvalue weighted by Crippen LogP contribution is 2.32. The lowest BCUT2D eigenvalue weighted by atomic mass is 10.1. The molecule has 4 rings (SSSR count). The van der Waals surface area contributed by atoms with Crippen LogP contribution in [0.25, 0.3) is 16.5 Å². The molecule has 15 heteroatoms. The summed E-state index contributed by atoms with van der Waals surface area (Å²) in [5.41, 5.74) is -1.34. The van der Waals surface area contributed by atoms with Crippen molar-refractivity contribution in [1.29, 1.82) is 0 Å². The quantitative estimate of drug-likeness (QED) is 0.177. The number of fused-ring (bicyclic) bond motifs is 1. The standard InChI is InChI=1S/C22H18N4O9S2/c1-2-35-22(28)20-19(21(27)26(25-20)13-7-9-14(10-8-13)36(29,30)31)24-23-17-11-12-18(37(32,33)34)16-6-4-3-5-15(16)17/h3-12,25H,2H2,1H3,(H,29,30,31)(H,32,33,34). The molecule has 4 aromatic rings. The molecule has 13 nitrogen and oxygen atoms in total. The molecule has 0 fully saturated rings. The highest BCUT2D eigenvalue weighted by molar-refractivity contribution is 7.86. The first-order valence-electron chi connectivity index (χ1n) is 10.4. The highest BCUT2D eigenvalue weighted by Gasteiger charge is 2.23. The number of aromatic amines is 1. The molecular weight excluding hydrogens is 528 g/mol. The van der Waals surface area contributed by atoms with Crippen molar-refractivity contribution in [3.63, 3.8) is 0 Å². The van der Waals surface area contributed by atoms with Crippen molar-refractivity contribution in [2.75, 3.05) is 6.61 Å². The Morgan fingerprint density at radius 1 is 0.919 bits per heavy atom. The Hall–Kier alpha value is -4.18. The van der Waals surface area contributed by atoms with E-state index in [1.165, 1.54) is 30.3 Å². The molecule has 0 aliphatic carbocycles. The third kappa shape index (κ3) is 5.19. The first kappa shape index (κ1) is 25.9. The summed E-state index contributed by atoms with van der Waals surface area (Å²) < 4.78 is 70.6. The number of rotatable bonds is 7. The minimum Gasteiger partial charge on any atom is -0.461 e. The number of nitrogens with zero attached hydrogens (tertiary/aromatic N) is 3. The molecule has 0 aliphatic rings. The number of nitrogens with one attached hydrogen (secondary N) is 1. The molecule has 0 spiro atoms. The fraction of sp³-hybridized carbons (Fsp3) is 0.0909. The van der Waals surface area contributed by atoms with Crippen molar-refractivity contribution >= 4 is 48.4 Å². The Balaban J connectivity index is 1.85. The van der Waals surface area contributed by atoms with E-state index < -0.39 is 42.3 Å². The molecule has 37 heavy (non-hydrogen) atoms. The van der Waals surface area contributed by atoms with Crippen molar-refractivity contribution in [3.05, 3.63) is 76.7 Å². The molecule has 192 valence electrons. The monoisotopic (exact) mass is 546 g/mol. The lowest BCUT2D eigenvalue weighted by Crippen LogP contribution is -2.14. The minimum absolute atomic E-state index is 0.00653. The molecule has 3 aromatic carbocycles. The van der Waals surface area contributed by atoms with Crippen molar-refractivity contribution in [2.45, 2.75) is 16.7 Å². The summed E-state index contributed by atoms with van der Waals surface area (Å²) in [6.07, 6.45) is 0. The van der Waals surface area contributed by atoms with E-state index in [4.69, 9.17) is 9.29 Å². The number of ether oxygens (including phenoxy) is 1. The second-order valence-corrected chi connectivity index (χ2v) is 10.3. The van der Waals surface area contributed by atoms with Gasteiger partial charge in [-0.15, -0.1) is 10.2 Å². The van der Waals surface area contributed by atoms with E-state index in [1.54, 1.807) is 19.1 Å². The van der Waals surface area contributed by atoms with Crippen LogP contribution in [0.2, 0.25) is 0 Å². The molecule has 0 bridgehead atoms. The van der Waals surface area contributed by atoms with Gasteiger partial charge in [-0.2, -0.15) is 16.8 Å². The number of azo groups is 1. The van der Waals surface area contributed by atoms with Crippen LogP contribution in [0.5, 0.6) is 0 Å². The zero-order valence-corrected chi connectivity index (χ0v) is 20.5. The molecule has 0 saturated heterocycles. The molecule has 3 N–H and O–H groups in total. The molecule has 1 aromatic heterocycles. The Labute approximate surface area is 209 Å². The van der Waals surface area contributed by atoms with Gasteiger partial charge in [0.05, 0.1) is 22.9 Å². The number of benzene rings is 3. The normalized spacial score (nSPS) is 12.3. The number of carbonyl (C=O) groups excluding carboxylic acids is 1. The van der Waals surface area contributed by atoms with Crippen LogP contribution in [0.3, 0.4) is 0 Å². The summed E-state index contributed by atoms with van der Waals surface area (Å²) in [7, 11) is -8.99. The van der Waals surface area contributed by atoms with Gasteiger partial charge in [-0.25, -0.2) is 9.48 Å². The van der Waals surface area contributed by atoms with E-state index in [-0.39, 0.29) is 34.0 Å². The van der Waals surface area contributed by atoms with E-state index in [9.17, 15) is 31.0 Å². The molecular formula is C22H18N4O9S2. The van der Waals surface area contributed by atoms with E-state index in [1.807, 2.05) is 0 Å². The van der Waals surface area contributed by atoms with Crippen LogP contribution >= 0.6 is 0 Å². The van der Waals surface area contributed by atoms with E-state index in [0.717, 1.165) is 22.9 Å². The van der Waals surface area contributed by atoms with E-state index in [0.29, 0.717) is 5.39 Å². The number of hydrogen-bond acceptors (Lipinski definition) is 9. The smallest absolute Gasteiger partial charge is 0.358 e. The number of esters is 1. The number of H-pyrrole nitrogens is 1. The van der Waals surface area contributed by atoms with Crippen molar-refractivity contribution in [1.82, 2.24) is 9.78 Å². The van der Waals surface area contributed by atoms with Crippen molar-refractivity contribution in [2.24, 2.45) is 10.2 Å². The largest absolute Gasteiger partial charge is 0.461 e. The van der Waals surface area contributed by atoms with Gasteiger partial charge in [-0.1, -0.05) is 24.3 Å². The second-order valence-electron chi connectivity index (χ2n) is 7.47. The minimum atomic E-state index is -4.53. The topological polar surface area (TPSA) is 198 Å². The molecule has 1 heterocycles. The maximum absolute atomic E-state index is 13.1. The van der Waals surface area contributed by atoms with Gasteiger partial charge in [0, 0.05) is 10.8 Å². The second kappa shape index (κ2) is 9.70. The number of aromatic nitrogens is 2. The first-order valence-corrected chi connectivity index (χ1v) is 13.3. The molecule has 0 aliphatic heterocycles. The van der Waals surface area contributed by atoms with Crippen LogP contribution in [0, 0.1) is 0 Å². The summed E-state index contributed by atoms with van der Waals surface area (Å²) in [6, 6.07) is 13.1. The zero-order chi connectivity index (χ0) is 27.0. The van der Waals surface area contributed by atoms with Gasteiger partial charge >= 0.3 is 5.97 Å². The molecule has 0 unspecified atom stereocenters. The summed E-state index contributed by atoms with van der Waals surface area (Å²) in [5, 5.41) is 11.0. The fourth-order valence-electron chi connectivity index (χ4n) is 3.49. The summed E-state index contributed by atoms with van der Waals surface area (Å²) in [5.74, 6) is -0.909. The van der Waals surface area contributed by atoms with Gasteiger partial charge in [-0.3, -0.25) is 19.0 Å². The van der Waals surface area contributed by atoms with Crippen LogP contribution in [0.4, 0.5) is 11.4 Å². The maximum Gasteiger partial charge on any atom is 0.358 e. The van der Waals surface area contributed by atoms with Crippen LogP contribution in [-0.4, -0.2) is 48.3 Å². The lowest BCUT2D eigenvalue weighted by Gasteiger charge is -2.05. The third-order valence-corrected chi connectivity index (χ3v) is 6.91. The zero-order valence-electron chi connectivity index (χ0n) is 18.9. The van der Waals surface area contributed by atoms with Crippen LogP contribution in [0.15, 0.2) is 85.5 Å². The lowest BCUT2D eigenvalue weighted by molar-refractivity contribution is 0.0519. The average molecular weight is 547 g/mol. The molecule has 0 saturated carbocycles. The summed E-state index contributed by atoms with van der Waals surface area (Å²) in [6.45, 7) is 1.55. The van der Waals surface area contributed by atoms with Gasteiger partial charge in [0.1, 0.15) is 4.90 Å². The average Bonchev–Trinajstić information content (AvgIpc) is 3.17. The Kier molecular flexibility index (Phi) is 6.79. The van der Waals surface area contributed by atoms with Crippen LogP contribution in [-0.2, 0) is 25.0 Å². The molecule has 0 atom stereocenters. The van der Waals surface area contributed by atoms with Crippen LogP contribution < -0.4 is 5.56 Å². The van der Waals surface area contributed by atoms with Gasteiger partial charge in [0.25, 0.3) is 25.8 Å². The molecule has 0 radical (unpaired) electrons. The third-order valence-electron chi connectivity index (χ3n) is 5.14. The van der Waals surface area contributed by atoms with Gasteiger partial charge < -0.3 is 4.74 Å². The number of hydrogen-bond donors (Lipinski definition) is 3. The Morgan fingerprint density at radius 3 is 2.16 bits per heavy atom. The predicted octanol–water partition coefficient (Wildman–Crippen LogP) is 3.40. The Bertz CT molecular complexity index is 1820. The summed E-state index contributed by atoms with van der Waals surface area (Å²) in [4.78, 5) is 24.9.